The van der Waals surface area contributed by atoms with Crippen LogP contribution in [0.5, 0.6) is 0 Å². The molecule has 5 nitrogen and oxygen atoms in total. The largest absolute Gasteiger partial charge is 0.282 e. The predicted molar refractivity (Wildman–Crippen MR) is 71.1 cm³/mol. The summed E-state index contributed by atoms with van der Waals surface area (Å²) in [6, 6.07) is 9.68. The Bertz CT molecular complexity index is 530. The summed E-state index contributed by atoms with van der Waals surface area (Å²) >= 11 is 0. The number of carbonyl (C=O) groups is 1. The summed E-state index contributed by atoms with van der Waals surface area (Å²) < 4.78 is 0. The molecule has 2 N–H and O–H groups in total. The third-order valence-electron chi connectivity index (χ3n) is 2.89. The van der Waals surface area contributed by atoms with Gasteiger partial charge in [-0.15, -0.1) is 0 Å². The second-order valence-corrected chi connectivity index (χ2v) is 4.39. The van der Waals surface area contributed by atoms with Gasteiger partial charge in [-0.2, -0.15) is 5.10 Å². The number of hydrogen-bond acceptors (Lipinski definition) is 3. The van der Waals surface area contributed by atoms with E-state index in [0.717, 1.165) is 22.5 Å². The Morgan fingerprint density at radius 1 is 1.32 bits per heavy atom. The maximum Gasteiger partial charge on any atom is 0.248 e. The Labute approximate surface area is 111 Å². The third-order valence-corrected chi connectivity index (χ3v) is 2.89. The van der Waals surface area contributed by atoms with Crippen molar-refractivity contribution in [2.75, 3.05) is 0 Å². The monoisotopic (exact) mass is 259 g/mol. The lowest BCUT2D eigenvalue weighted by atomic mass is 10.1. The maximum absolute atomic E-state index is 11.7. The molecule has 1 aromatic carbocycles. The summed E-state index contributed by atoms with van der Waals surface area (Å²) in [7, 11) is 0. The zero-order valence-electron chi connectivity index (χ0n) is 11.1. The van der Waals surface area contributed by atoms with E-state index in [2.05, 4.69) is 15.7 Å². The van der Waals surface area contributed by atoms with Crippen molar-refractivity contribution < 1.29 is 9.63 Å². The number of hydrogen-bond donors (Lipinski definition) is 2. The predicted octanol–water partition coefficient (Wildman–Crippen LogP) is 1.82. The fourth-order valence-corrected chi connectivity index (χ4v) is 1.81. The van der Waals surface area contributed by atoms with Gasteiger partial charge in [-0.05, 0) is 19.4 Å². The Kier molecular flexibility index (Phi) is 4.30. The molecule has 2 rings (SSSR count). The summed E-state index contributed by atoms with van der Waals surface area (Å²) in [5.41, 5.74) is 6.13. The van der Waals surface area contributed by atoms with Crippen LogP contribution in [-0.2, 0) is 22.7 Å². The molecule has 0 aliphatic rings. The molecule has 100 valence electrons. The van der Waals surface area contributed by atoms with E-state index in [-0.39, 0.29) is 12.3 Å². The van der Waals surface area contributed by atoms with Crippen LogP contribution in [0.15, 0.2) is 30.3 Å². The third kappa shape index (κ3) is 3.66. The van der Waals surface area contributed by atoms with Crippen LogP contribution in [0.3, 0.4) is 0 Å². The summed E-state index contributed by atoms with van der Waals surface area (Å²) in [5.74, 6) is -0.177. The molecule has 0 spiro atoms. The van der Waals surface area contributed by atoms with E-state index in [4.69, 9.17) is 4.84 Å². The smallest absolute Gasteiger partial charge is 0.248 e. The minimum Gasteiger partial charge on any atom is -0.282 e. The van der Waals surface area contributed by atoms with Gasteiger partial charge in [0, 0.05) is 11.3 Å². The van der Waals surface area contributed by atoms with Gasteiger partial charge >= 0.3 is 0 Å². The molecular weight excluding hydrogens is 242 g/mol. The number of benzene rings is 1. The molecule has 5 heteroatoms. The Balaban J connectivity index is 1.79. The number of hydroxylamine groups is 1. The molecule has 2 aromatic rings. The van der Waals surface area contributed by atoms with Crippen LogP contribution in [0.2, 0.25) is 0 Å². The van der Waals surface area contributed by atoms with Gasteiger partial charge < -0.3 is 0 Å². The van der Waals surface area contributed by atoms with Crippen LogP contribution in [-0.4, -0.2) is 16.1 Å². The number of nitrogens with one attached hydrogen (secondary N) is 2. The molecule has 0 fully saturated rings. The molecule has 0 saturated heterocycles. The van der Waals surface area contributed by atoms with E-state index in [9.17, 15) is 4.79 Å². The first-order chi connectivity index (χ1) is 9.16. The standard InChI is InChI=1S/C14H17N3O2/c1-10-13(11(2)16-15-10)8-14(18)17-19-9-12-6-4-3-5-7-12/h3-7H,8-9H2,1-2H3,(H,15,16)(H,17,18). The second kappa shape index (κ2) is 6.15. The van der Waals surface area contributed by atoms with Crippen molar-refractivity contribution in [3.8, 4) is 0 Å². The van der Waals surface area contributed by atoms with Crippen molar-refractivity contribution in [2.24, 2.45) is 0 Å². The average Bonchev–Trinajstić information content (AvgIpc) is 2.72. The van der Waals surface area contributed by atoms with Gasteiger partial charge in [0.2, 0.25) is 5.91 Å². The number of aromatic nitrogens is 2. The lowest BCUT2D eigenvalue weighted by Crippen LogP contribution is -2.25. The van der Waals surface area contributed by atoms with Gasteiger partial charge in [-0.1, -0.05) is 30.3 Å². The van der Waals surface area contributed by atoms with Gasteiger partial charge in [0.05, 0.1) is 18.7 Å². The van der Waals surface area contributed by atoms with Gasteiger partial charge in [0.1, 0.15) is 0 Å². The molecule has 0 bridgehead atoms. The summed E-state index contributed by atoms with van der Waals surface area (Å²) in [6.45, 7) is 4.13. The molecule has 0 radical (unpaired) electrons. The van der Waals surface area contributed by atoms with Crippen LogP contribution in [0.25, 0.3) is 0 Å². The van der Waals surface area contributed by atoms with Crippen molar-refractivity contribution in [3.63, 3.8) is 0 Å². The quantitative estimate of drug-likeness (QED) is 0.805. The highest BCUT2D eigenvalue weighted by Crippen LogP contribution is 2.09. The molecule has 1 aromatic heterocycles. The first-order valence-electron chi connectivity index (χ1n) is 6.12. The average molecular weight is 259 g/mol. The summed E-state index contributed by atoms with van der Waals surface area (Å²) in [4.78, 5) is 16.9. The second-order valence-electron chi connectivity index (χ2n) is 4.39. The molecular formula is C14H17N3O2. The fourth-order valence-electron chi connectivity index (χ4n) is 1.81. The Hall–Kier alpha value is -2.14. The number of rotatable bonds is 5. The van der Waals surface area contributed by atoms with E-state index in [1.807, 2.05) is 44.2 Å². The normalized spacial score (nSPS) is 10.4. The summed E-state index contributed by atoms with van der Waals surface area (Å²) in [5, 5.41) is 6.90. The molecule has 0 aliphatic heterocycles. The van der Waals surface area contributed by atoms with E-state index in [1.165, 1.54) is 0 Å². The number of H-pyrrole nitrogens is 1. The van der Waals surface area contributed by atoms with Crippen LogP contribution < -0.4 is 5.48 Å². The zero-order valence-corrected chi connectivity index (χ0v) is 11.1. The topological polar surface area (TPSA) is 67.0 Å². The number of amides is 1. The van der Waals surface area contributed by atoms with Crippen LogP contribution in [0, 0.1) is 13.8 Å². The first kappa shape index (κ1) is 13.3. The maximum atomic E-state index is 11.7. The molecule has 0 unspecified atom stereocenters. The van der Waals surface area contributed by atoms with Crippen molar-refractivity contribution in [1.29, 1.82) is 0 Å². The van der Waals surface area contributed by atoms with Crippen LogP contribution >= 0.6 is 0 Å². The number of aromatic amines is 1. The highest BCUT2D eigenvalue weighted by atomic mass is 16.6. The highest BCUT2D eigenvalue weighted by Gasteiger charge is 2.11. The minimum absolute atomic E-state index is 0.177. The molecule has 0 saturated carbocycles. The van der Waals surface area contributed by atoms with Gasteiger partial charge in [0.25, 0.3) is 0 Å². The minimum atomic E-state index is -0.177. The number of aryl methyl sites for hydroxylation is 2. The van der Waals surface area contributed by atoms with E-state index in [0.29, 0.717) is 6.61 Å². The molecule has 0 atom stereocenters. The van der Waals surface area contributed by atoms with Crippen LogP contribution in [0.4, 0.5) is 0 Å². The number of nitrogens with zero attached hydrogens (tertiary/aromatic N) is 1. The zero-order chi connectivity index (χ0) is 13.7. The lowest BCUT2D eigenvalue weighted by Gasteiger charge is -2.06. The molecule has 1 heterocycles. The Morgan fingerprint density at radius 2 is 2.05 bits per heavy atom. The van der Waals surface area contributed by atoms with Crippen molar-refractivity contribution in [2.45, 2.75) is 26.9 Å². The summed E-state index contributed by atoms with van der Waals surface area (Å²) in [6.07, 6.45) is 0.267. The van der Waals surface area contributed by atoms with Crippen LogP contribution in [0.1, 0.15) is 22.5 Å². The SMILES string of the molecule is Cc1n[nH]c(C)c1CC(=O)NOCc1ccccc1. The van der Waals surface area contributed by atoms with Gasteiger partial charge in [-0.25, -0.2) is 5.48 Å². The Morgan fingerprint density at radius 3 is 2.68 bits per heavy atom. The van der Waals surface area contributed by atoms with Gasteiger partial charge in [-0.3, -0.25) is 14.7 Å². The van der Waals surface area contributed by atoms with Gasteiger partial charge in [0.15, 0.2) is 0 Å². The molecule has 0 aliphatic carbocycles. The van der Waals surface area contributed by atoms with Crippen molar-refractivity contribution in [3.05, 3.63) is 52.8 Å². The number of carbonyl (C=O) groups excluding carboxylic acids is 1. The van der Waals surface area contributed by atoms with E-state index >= 15 is 0 Å². The fraction of sp³-hybridized carbons (Fsp3) is 0.286. The lowest BCUT2D eigenvalue weighted by molar-refractivity contribution is -0.133. The van der Waals surface area contributed by atoms with E-state index in [1.54, 1.807) is 0 Å². The molecule has 1 amide bonds. The van der Waals surface area contributed by atoms with Crippen molar-refractivity contribution >= 4 is 5.91 Å². The van der Waals surface area contributed by atoms with Crippen molar-refractivity contribution in [1.82, 2.24) is 15.7 Å². The van der Waals surface area contributed by atoms with E-state index < -0.39 is 0 Å². The molecule has 19 heavy (non-hydrogen) atoms. The highest BCUT2D eigenvalue weighted by molar-refractivity contribution is 5.78. The first-order valence-corrected chi connectivity index (χ1v) is 6.12.